The molecule has 20 heavy (non-hydrogen) atoms. The molecule has 1 heterocycles. The zero-order chi connectivity index (χ0) is 14.2. The molecule has 1 aliphatic carbocycles. The molecule has 0 saturated heterocycles. The number of aliphatic hydroxyl groups excluding tert-OH is 1. The zero-order valence-electron chi connectivity index (χ0n) is 11.1. The van der Waals surface area contributed by atoms with Gasteiger partial charge in [0.2, 0.25) is 0 Å². The van der Waals surface area contributed by atoms with Gasteiger partial charge in [0, 0.05) is 10.9 Å². The van der Waals surface area contributed by atoms with E-state index in [4.69, 9.17) is 0 Å². The minimum atomic E-state index is -0.500. The zero-order valence-corrected chi connectivity index (χ0v) is 11.1. The van der Waals surface area contributed by atoms with Gasteiger partial charge in [-0.15, -0.1) is 0 Å². The average Bonchev–Trinajstić information content (AvgIpc) is 3.05. The van der Waals surface area contributed by atoms with E-state index < -0.39 is 5.54 Å². The Morgan fingerprint density at radius 1 is 1.35 bits per heavy atom. The van der Waals surface area contributed by atoms with Gasteiger partial charge in [0.1, 0.15) is 11.5 Å². The van der Waals surface area contributed by atoms with Crippen LogP contribution in [0.3, 0.4) is 0 Å². The van der Waals surface area contributed by atoms with Gasteiger partial charge >= 0.3 is 0 Å². The molecule has 2 aromatic rings. The fourth-order valence-electron chi connectivity index (χ4n) is 2.91. The van der Waals surface area contributed by atoms with Crippen LogP contribution in [0.1, 0.15) is 36.2 Å². The summed E-state index contributed by atoms with van der Waals surface area (Å²) in [5.74, 6) is -0.580. The minimum absolute atomic E-state index is 0.0480. The number of H-pyrrole nitrogens is 1. The molecule has 1 fully saturated rings. The first-order valence-corrected chi connectivity index (χ1v) is 6.84. The third-order valence-electron chi connectivity index (χ3n) is 4.07. The molecule has 1 saturated carbocycles. The lowest BCUT2D eigenvalue weighted by molar-refractivity contribution is 0.0834. The number of carbonyl (C=O) groups excluding carboxylic acids is 1. The molecular formula is C15H17FN2O2. The fraction of sp³-hybridized carbons (Fsp3) is 0.400. The Balaban J connectivity index is 1.85. The van der Waals surface area contributed by atoms with Gasteiger partial charge in [-0.2, -0.15) is 0 Å². The van der Waals surface area contributed by atoms with Crippen LogP contribution in [-0.4, -0.2) is 28.1 Å². The maximum absolute atomic E-state index is 13.1. The summed E-state index contributed by atoms with van der Waals surface area (Å²) in [6, 6.07) is 5.99. The van der Waals surface area contributed by atoms with Crippen LogP contribution in [0.15, 0.2) is 24.3 Å². The Morgan fingerprint density at radius 3 is 2.80 bits per heavy atom. The summed E-state index contributed by atoms with van der Waals surface area (Å²) in [4.78, 5) is 15.2. The van der Waals surface area contributed by atoms with Crippen LogP contribution in [0.2, 0.25) is 0 Å². The quantitative estimate of drug-likeness (QED) is 0.805. The van der Waals surface area contributed by atoms with E-state index in [0.717, 1.165) is 31.2 Å². The molecule has 3 rings (SSSR count). The van der Waals surface area contributed by atoms with Crippen molar-refractivity contribution in [2.75, 3.05) is 6.61 Å². The normalized spacial score (nSPS) is 17.5. The Bertz CT molecular complexity index is 644. The van der Waals surface area contributed by atoms with Gasteiger partial charge in [-0.05, 0) is 37.1 Å². The second-order valence-electron chi connectivity index (χ2n) is 5.51. The van der Waals surface area contributed by atoms with Gasteiger partial charge in [-0.3, -0.25) is 4.79 Å². The van der Waals surface area contributed by atoms with Crippen LogP contribution < -0.4 is 5.32 Å². The number of amides is 1. The number of aromatic nitrogens is 1. The first-order valence-electron chi connectivity index (χ1n) is 6.84. The van der Waals surface area contributed by atoms with Crippen LogP contribution in [0.25, 0.3) is 10.9 Å². The highest BCUT2D eigenvalue weighted by Crippen LogP contribution is 2.29. The van der Waals surface area contributed by atoms with Crippen molar-refractivity contribution < 1.29 is 14.3 Å². The Hall–Kier alpha value is -1.88. The molecule has 1 aromatic heterocycles. The van der Waals surface area contributed by atoms with Crippen molar-refractivity contribution in [3.63, 3.8) is 0 Å². The highest BCUT2D eigenvalue weighted by Gasteiger charge is 2.35. The molecule has 4 nitrogen and oxygen atoms in total. The second kappa shape index (κ2) is 4.90. The van der Waals surface area contributed by atoms with E-state index in [-0.39, 0.29) is 18.3 Å². The second-order valence-corrected chi connectivity index (χ2v) is 5.51. The van der Waals surface area contributed by atoms with Crippen LogP contribution in [0.4, 0.5) is 4.39 Å². The molecule has 1 amide bonds. The molecule has 5 heteroatoms. The van der Waals surface area contributed by atoms with Crippen LogP contribution in [0, 0.1) is 5.82 Å². The number of fused-ring (bicyclic) bond motifs is 1. The van der Waals surface area contributed by atoms with Gasteiger partial charge in [-0.25, -0.2) is 4.39 Å². The third-order valence-corrected chi connectivity index (χ3v) is 4.07. The van der Waals surface area contributed by atoms with E-state index in [1.807, 2.05) is 0 Å². The standard InChI is InChI=1S/C15H17FN2O2/c16-11-3-4-12-10(7-11)8-13(17-12)14(20)18-15(9-19)5-1-2-6-15/h3-4,7-8,17,19H,1-2,5-6,9H2,(H,18,20). The molecule has 3 N–H and O–H groups in total. The predicted molar refractivity (Wildman–Crippen MR) is 74.0 cm³/mol. The average molecular weight is 276 g/mol. The van der Waals surface area contributed by atoms with Gasteiger partial charge in [0.05, 0.1) is 12.1 Å². The molecule has 1 aliphatic rings. The largest absolute Gasteiger partial charge is 0.394 e. The SMILES string of the molecule is O=C(NC1(CO)CCCC1)c1cc2cc(F)ccc2[nH]1. The van der Waals surface area contributed by atoms with Crippen molar-refractivity contribution in [2.45, 2.75) is 31.2 Å². The Labute approximate surface area is 116 Å². The van der Waals surface area contributed by atoms with Crippen molar-refractivity contribution in [3.05, 3.63) is 35.8 Å². The third kappa shape index (κ3) is 2.29. The monoisotopic (exact) mass is 276 g/mol. The smallest absolute Gasteiger partial charge is 0.268 e. The molecular weight excluding hydrogens is 259 g/mol. The molecule has 0 radical (unpaired) electrons. The molecule has 0 aliphatic heterocycles. The maximum atomic E-state index is 13.1. The van der Waals surface area contributed by atoms with Crippen molar-refractivity contribution >= 4 is 16.8 Å². The molecule has 106 valence electrons. The number of hydrogen-bond acceptors (Lipinski definition) is 2. The molecule has 1 aromatic carbocycles. The number of carbonyl (C=O) groups is 1. The summed E-state index contributed by atoms with van der Waals surface area (Å²) in [5, 5.41) is 13.1. The lowest BCUT2D eigenvalue weighted by Gasteiger charge is -2.27. The van der Waals surface area contributed by atoms with Gasteiger partial charge < -0.3 is 15.4 Å². The Kier molecular flexibility index (Phi) is 3.22. The van der Waals surface area contributed by atoms with Gasteiger partial charge in [0.25, 0.3) is 5.91 Å². The Morgan fingerprint density at radius 2 is 2.10 bits per heavy atom. The molecule has 0 bridgehead atoms. The lowest BCUT2D eigenvalue weighted by Crippen LogP contribution is -2.49. The minimum Gasteiger partial charge on any atom is -0.394 e. The van der Waals surface area contributed by atoms with E-state index in [0.29, 0.717) is 11.1 Å². The molecule has 0 unspecified atom stereocenters. The van der Waals surface area contributed by atoms with Crippen molar-refractivity contribution in [1.82, 2.24) is 10.3 Å². The number of benzene rings is 1. The fourth-order valence-corrected chi connectivity index (χ4v) is 2.91. The number of aliphatic hydroxyl groups is 1. The predicted octanol–water partition coefficient (Wildman–Crippen LogP) is 2.34. The summed E-state index contributed by atoms with van der Waals surface area (Å²) in [6.07, 6.45) is 3.62. The van der Waals surface area contributed by atoms with E-state index in [1.54, 1.807) is 12.1 Å². The van der Waals surface area contributed by atoms with Crippen LogP contribution >= 0.6 is 0 Å². The van der Waals surface area contributed by atoms with E-state index >= 15 is 0 Å². The highest BCUT2D eigenvalue weighted by molar-refractivity contribution is 5.98. The summed E-state index contributed by atoms with van der Waals surface area (Å²) in [7, 11) is 0. The number of halogens is 1. The summed E-state index contributed by atoms with van der Waals surface area (Å²) < 4.78 is 13.1. The summed E-state index contributed by atoms with van der Waals surface area (Å²) in [6.45, 7) is -0.0480. The molecule has 0 atom stereocenters. The van der Waals surface area contributed by atoms with Crippen molar-refractivity contribution in [3.8, 4) is 0 Å². The van der Waals surface area contributed by atoms with Crippen LogP contribution in [0.5, 0.6) is 0 Å². The highest BCUT2D eigenvalue weighted by atomic mass is 19.1. The number of rotatable bonds is 3. The van der Waals surface area contributed by atoms with Crippen molar-refractivity contribution in [2.24, 2.45) is 0 Å². The molecule has 0 spiro atoms. The number of nitrogens with one attached hydrogen (secondary N) is 2. The number of hydrogen-bond donors (Lipinski definition) is 3. The maximum Gasteiger partial charge on any atom is 0.268 e. The first kappa shape index (κ1) is 13.1. The van der Waals surface area contributed by atoms with E-state index in [2.05, 4.69) is 10.3 Å². The van der Waals surface area contributed by atoms with E-state index in [1.165, 1.54) is 12.1 Å². The number of aromatic amines is 1. The summed E-state index contributed by atoms with van der Waals surface area (Å²) >= 11 is 0. The van der Waals surface area contributed by atoms with Gasteiger partial charge in [-0.1, -0.05) is 12.8 Å². The lowest BCUT2D eigenvalue weighted by atomic mass is 9.99. The van der Waals surface area contributed by atoms with Crippen molar-refractivity contribution in [1.29, 1.82) is 0 Å². The van der Waals surface area contributed by atoms with Crippen LogP contribution in [-0.2, 0) is 0 Å². The topological polar surface area (TPSA) is 65.1 Å². The summed E-state index contributed by atoms with van der Waals surface area (Å²) in [5.41, 5.74) is 0.617. The van der Waals surface area contributed by atoms with Gasteiger partial charge in [0.15, 0.2) is 0 Å². The van der Waals surface area contributed by atoms with E-state index in [9.17, 15) is 14.3 Å². The first-order chi connectivity index (χ1) is 9.62.